The Kier molecular flexibility index (Phi) is 6.24. The number of carbonyl (C=O) groups is 1. The highest BCUT2D eigenvalue weighted by Crippen LogP contribution is 2.13. The summed E-state index contributed by atoms with van der Waals surface area (Å²) in [6.45, 7) is 2.20. The molecule has 0 aliphatic rings. The summed E-state index contributed by atoms with van der Waals surface area (Å²) in [6.07, 6.45) is 2.06. The van der Waals surface area contributed by atoms with Crippen LogP contribution in [0.3, 0.4) is 0 Å². The van der Waals surface area contributed by atoms with Gasteiger partial charge in [0.05, 0.1) is 12.9 Å². The molecule has 0 aromatic carbocycles. The van der Waals surface area contributed by atoms with Gasteiger partial charge in [0.15, 0.2) is 0 Å². The van der Waals surface area contributed by atoms with Crippen molar-refractivity contribution in [3.63, 3.8) is 0 Å². The van der Waals surface area contributed by atoms with Crippen LogP contribution < -0.4 is 10.6 Å². The molecule has 6 nitrogen and oxygen atoms in total. The van der Waals surface area contributed by atoms with Gasteiger partial charge in [-0.3, -0.25) is 0 Å². The monoisotopic (exact) mass is 256 g/mol. The van der Waals surface area contributed by atoms with Gasteiger partial charge in [0.2, 0.25) is 0 Å². The Morgan fingerprint density at radius 1 is 1.56 bits per heavy atom. The first kappa shape index (κ1) is 14.5. The Balaban J connectivity index is 2.48. The van der Waals surface area contributed by atoms with Crippen molar-refractivity contribution < 1.29 is 19.1 Å². The molecule has 0 spiro atoms. The molecule has 3 N–H and O–H groups in total. The van der Waals surface area contributed by atoms with E-state index in [0.717, 1.165) is 0 Å². The molecule has 6 heteroatoms. The zero-order valence-electron chi connectivity index (χ0n) is 10.7. The van der Waals surface area contributed by atoms with E-state index in [0.29, 0.717) is 18.8 Å². The summed E-state index contributed by atoms with van der Waals surface area (Å²) in [5, 5.41) is 14.2. The number of ether oxygens (including phenoxy) is 1. The lowest BCUT2D eigenvalue weighted by molar-refractivity contribution is 0.156. The highest BCUT2D eigenvalue weighted by Gasteiger charge is 2.17. The van der Waals surface area contributed by atoms with E-state index in [9.17, 15) is 4.79 Å². The van der Waals surface area contributed by atoms with E-state index in [-0.39, 0.29) is 24.7 Å². The molecule has 0 saturated heterocycles. The number of aliphatic hydroxyl groups is 1. The molecule has 0 bridgehead atoms. The van der Waals surface area contributed by atoms with Gasteiger partial charge in [-0.15, -0.1) is 0 Å². The van der Waals surface area contributed by atoms with Crippen LogP contribution in [0.25, 0.3) is 0 Å². The Bertz CT molecular complexity index is 340. The van der Waals surface area contributed by atoms with Crippen LogP contribution in [0, 0.1) is 0 Å². The maximum atomic E-state index is 11.7. The summed E-state index contributed by atoms with van der Waals surface area (Å²) >= 11 is 0. The minimum absolute atomic E-state index is 0.0428. The van der Waals surface area contributed by atoms with E-state index in [1.54, 1.807) is 25.5 Å². The molecule has 18 heavy (non-hydrogen) atoms. The second-order valence-corrected chi connectivity index (χ2v) is 4.05. The molecule has 1 aromatic heterocycles. The molecule has 1 aromatic rings. The van der Waals surface area contributed by atoms with Crippen molar-refractivity contribution in [1.29, 1.82) is 0 Å². The standard InChI is InChI=1S/C12H20N2O4/c1-9(5-6-15)13-12(16)14-10(8-17-2)11-4-3-7-18-11/h3-4,7,9-10,15H,5-6,8H2,1-2H3,(H2,13,14,16)/t9-,10?/m1/s1. The quantitative estimate of drug-likeness (QED) is 0.680. The van der Waals surface area contributed by atoms with E-state index in [1.165, 1.54) is 0 Å². The number of amides is 2. The number of rotatable bonds is 7. The third kappa shape index (κ3) is 4.77. The van der Waals surface area contributed by atoms with Crippen molar-refractivity contribution in [3.05, 3.63) is 24.2 Å². The molecule has 0 aliphatic heterocycles. The van der Waals surface area contributed by atoms with E-state index < -0.39 is 0 Å². The van der Waals surface area contributed by atoms with Gasteiger partial charge in [0, 0.05) is 19.8 Å². The number of aliphatic hydroxyl groups excluding tert-OH is 1. The van der Waals surface area contributed by atoms with Gasteiger partial charge < -0.3 is 24.9 Å². The lowest BCUT2D eigenvalue weighted by Crippen LogP contribution is -2.43. The molecule has 1 rings (SSSR count). The van der Waals surface area contributed by atoms with Crippen LogP contribution in [0.4, 0.5) is 4.79 Å². The lowest BCUT2D eigenvalue weighted by Gasteiger charge is -2.18. The van der Waals surface area contributed by atoms with Crippen molar-refractivity contribution in [3.8, 4) is 0 Å². The van der Waals surface area contributed by atoms with Gasteiger partial charge in [0.25, 0.3) is 0 Å². The van der Waals surface area contributed by atoms with E-state index in [4.69, 9.17) is 14.3 Å². The third-order valence-electron chi connectivity index (χ3n) is 2.46. The second kappa shape index (κ2) is 7.73. The molecule has 0 aliphatic carbocycles. The van der Waals surface area contributed by atoms with Crippen molar-refractivity contribution in [2.75, 3.05) is 20.3 Å². The first-order valence-electron chi connectivity index (χ1n) is 5.87. The molecule has 102 valence electrons. The maximum Gasteiger partial charge on any atom is 0.315 e. The van der Waals surface area contributed by atoms with Gasteiger partial charge in [-0.05, 0) is 25.5 Å². The highest BCUT2D eigenvalue weighted by molar-refractivity contribution is 5.74. The Hall–Kier alpha value is -1.53. The number of methoxy groups -OCH3 is 1. The van der Waals surface area contributed by atoms with Crippen molar-refractivity contribution in [2.24, 2.45) is 0 Å². The van der Waals surface area contributed by atoms with Crippen molar-refractivity contribution in [1.82, 2.24) is 10.6 Å². The largest absolute Gasteiger partial charge is 0.467 e. The summed E-state index contributed by atoms with van der Waals surface area (Å²) in [4.78, 5) is 11.7. The number of nitrogens with one attached hydrogen (secondary N) is 2. The average Bonchev–Trinajstić information content (AvgIpc) is 2.81. The molecule has 2 amide bonds. The van der Waals surface area contributed by atoms with E-state index in [2.05, 4.69) is 10.6 Å². The fraction of sp³-hybridized carbons (Fsp3) is 0.583. The van der Waals surface area contributed by atoms with Crippen LogP contribution in [0.5, 0.6) is 0 Å². The Labute approximate surface area is 106 Å². The molecule has 2 atom stereocenters. The second-order valence-electron chi connectivity index (χ2n) is 4.05. The lowest BCUT2D eigenvalue weighted by atomic mass is 10.2. The molecule has 1 unspecified atom stereocenters. The number of hydrogen-bond acceptors (Lipinski definition) is 4. The van der Waals surface area contributed by atoms with E-state index >= 15 is 0 Å². The zero-order chi connectivity index (χ0) is 13.4. The number of carbonyl (C=O) groups excluding carboxylic acids is 1. The Morgan fingerprint density at radius 3 is 2.89 bits per heavy atom. The molecule has 1 heterocycles. The van der Waals surface area contributed by atoms with Gasteiger partial charge >= 0.3 is 6.03 Å². The molecule has 0 fully saturated rings. The molecular formula is C12H20N2O4. The minimum Gasteiger partial charge on any atom is -0.467 e. The van der Waals surface area contributed by atoms with Crippen LogP contribution in [0.1, 0.15) is 25.1 Å². The zero-order valence-corrected chi connectivity index (χ0v) is 10.7. The fourth-order valence-electron chi connectivity index (χ4n) is 1.54. The minimum atomic E-state index is -0.327. The van der Waals surface area contributed by atoms with Crippen LogP contribution in [0.15, 0.2) is 22.8 Å². The average molecular weight is 256 g/mol. The summed E-state index contributed by atoms with van der Waals surface area (Å²) < 4.78 is 10.3. The topological polar surface area (TPSA) is 83.7 Å². The van der Waals surface area contributed by atoms with Crippen LogP contribution in [0.2, 0.25) is 0 Å². The molecular weight excluding hydrogens is 236 g/mol. The Morgan fingerprint density at radius 2 is 2.33 bits per heavy atom. The predicted octanol–water partition coefficient (Wildman–Crippen LogP) is 1.04. The third-order valence-corrected chi connectivity index (χ3v) is 2.46. The van der Waals surface area contributed by atoms with Gasteiger partial charge in [-0.2, -0.15) is 0 Å². The SMILES string of the molecule is COCC(NC(=O)N[C@H](C)CCO)c1ccco1. The number of furan rings is 1. The maximum absolute atomic E-state index is 11.7. The normalized spacial score (nSPS) is 13.9. The molecule has 0 radical (unpaired) electrons. The fourth-order valence-corrected chi connectivity index (χ4v) is 1.54. The summed E-state index contributed by atoms with van der Waals surface area (Å²) in [5.74, 6) is 0.641. The van der Waals surface area contributed by atoms with Crippen LogP contribution >= 0.6 is 0 Å². The summed E-state index contributed by atoms with van der Waals surface area (Å²) in [7, 11) is 1.56. The summed E-state index contributed by atoms with van der Waals surface area (Å²) in [6, 6.07) is 2.81. The first-order valence-corrected chi connectivity index (χ1v) is 5.87. The number of urea groups is 1. The molecule has 0 saturated carbocycles. The van der Waals surface area contributed by atoms with Gasteiger partial charge in [0.1, 0.15) is 11.8 Å². The number of hydrogen-bond donors (Lipinski definition) is 3. The van der Waals surface area contributed by atoms with Crippen LogP contribution in [-0.2, 0) is 4.74 Å². The highest BCUT2D eigenvalue weighted by atomic mass is 16.5. The van der Waals surface area contributed by atoms with Gasteiger partial charge in [-0.25, -0.2) is 4.79 Å². The van der Waals surface area contributed by atoms with Crippen LogP contribution in [-0.4, -0.2) is 37.5 Å². The first-order chi connectivity index (χ1) is 8.67. The van der Waals surface area contributed by atoms with Gasteiger partial charge in [-0.1, -0.05) is 0 Å². The van der Waals surface area contributed by atoms with Crippen molar-refractivity contribution in [2.45, 2.75) is 25.4 Å². The smallest absolute Gasteiger partial charge is 0.315 e. The van der Waals surface area contributed by atoms with Crippen molar-refractivity contribution >= 4 is 6.03 Å². The predicted molar refractivity (Wildman–Crippen MR) is 66.2 cm³/mol. The van der Waals surface area contributed by atoms with E-state index in [1.807, 2.05) is 6.92 Å². The summed E-state index contributed by atoms with van der Waals surface area (Å²) in [5.41, 5.74) is 0.